The highest BCUT2D eigenvalue weighted by Gasteiger charge is 2.06. The quantitative estimate of drug-likeness (QED) is 0.751. The molecule has 0 unspecified atom stereocenters. The summed E-state index contributed by atoms with van der Waals surface area (Å²) in [6.07, 6.45) is 1.67. The van der Waals surface area contributed by atoms with Gasteiger partial charge in [-0.2, -0.15) is 0 Å². The molecule has 1 aromatic carbocycles. The Morgan fingerprint density at radius 3 is 2.80 bits per heavy atom. The van der Waals surface area contributed by atoms with Gasteiger partial charge >= 0.3 is 0 Å². The van der Waals surface area contributed by atoms with Gasteiger partial charge in [0.05, 0.1) is 7.11 Å². The second-order valence-electron chi connectivity index (χ2n) is 3.05. The molecule has 0 spiro atoms. The molecule has 15 heavy (non-hydrogen) atoms. The summed E-state index contributed by atoms with van der Waals surface area (Å²) in [6.45, 7) is 0. The SMILES string of the molecule is CONC(=O)c1cc2ccccc2cn1. The maximum absolute atomic E-state index is 11.4. The molecule has 0 aliphatic carbocycles. The van der Waals surface area contributed by atoms with Crippen LogP contribution in [0.2, 0.25) is 0 Å². The van der Waals surface area contributed by atoms with Gasteiger partial charge in [-0.1, -0.05) is 24.3 Å². The van der Waals surface area contributed by atoms with E-state index in [1.807, 2.05) is 24.3 Å². The Hall–Kier alpha value is -1.94. The summed E-state index contributed by atoms with van der Waals surface area (Å²) in [6, 6.07) is 9.45. The summed E-state index contributed by atoms with van der Waals surface area (Å²) in [7, 11) is 1.39. The third-order valence-corrected chi connectivity index (χ3v) is 2.06. The summed E-state index contributed by atoms with van der Waals surface area (Å²) >= 11 is 0. The van der Waals surface area contributed by atoms with E-state index in [0.29, 0.717) is 5.69 Å². The number of nitrogens with zero attached hydrogens (tertiary/aromatic N) is 1. The zero-order valence-electron chi connectivity index (χ0n) is 8.23. The molecule has 1 heterocycles. The first-order valence-corrected chi connectivity index (χ1v) is 4.49. The van der Waals surface area contributed by atoms with Gasteiger partial charge in [-0.05, 0) is 11.5 Å². The van der Waals surface area contributed by atoms with E-state index in [1.165, 1.54) is 7.11 Å². The molecule has 0 aliphatic rings. The number of fused-ring (bicyclic) bond motifs is 1. The fourth-order valence-corrected chi connectivity index (χ4v) is 1.35. The Morgan fingerprint density at radius 2 is 2.07 bits per heavy atom. The van der Waals surface area contributed by atoms with E-state index in [1.54, 1.807) is 12.3 Å². The Balaban J connectivity index is 2.42. The van der Waals surface area contributed by atoms with Gasteiger partial charge in [-0.25, -0.2) is 5.48 Å². The standard InChI is InChI=1S/C11H10N2O2/c1-15-13-11(14)10-6-8-4-2-3-5-9(8)7-12-10/h2-7H,1H3,(H,13,14). The Kier molecular flexibility index (Phi) is 2.60. The van der Waals surface area contributed by atoms with Gasteiger partial charge in [-0.15, -0.1) is 0 Å². The third-order valence-electron chi connectivity index (χ3n) is 2.06. The number of amides is 1. The van der Waals surface area contributed by atoms with Gasteiger partial charge in [-0.3, -0.25) is 14.6 Å². The molecule has 2 aromatic rings. The zero-order valence-corrected chi connectivity index (χ0v) is 8.23. The monoisotopic (exact) mass is 202 g/mol. The molecular formula is C11H10N2O2. The molecule has 2 rings (SSSR count). The van der Waals surface area contributed by atoms with Crippen molar-refractivity contribution in [1.82, 2.24) is 10.5 Å². The molecule has 0 fully saturated rings. The predicted octanol–water partition coefficient (Wildman–Crippen LogP) is 1.53. The number of hydroxylamine groups is 1. The van der Waals surface area contributed by atoms with Crippen LogP contribution in [0.3, 0.4) is 0 Å². The predicted molar refractivity (Wildman–Crippen MR) is 56.2 cm³/mol. The summed E-state index contributed by atoms with van der Waals surface area (Å²) in [5.41, 5.74) is 2.57. The fourth-order valence-electron chi connectivity index (χ4n) is 1.35. The zero-order chi connectivity index (χ0) is 10.7. The van der Waals surface area contributed by atoms with Crippen LogP contribution in [0.1, 0.15) is 10.5 Å². The summed E-state index contributed by atoms with van der Waals surface area (Å²) in [4.78, 5) is 20.0. The molecule has 0 saturated carbocycles. The molecule has 0 radical (unpaired) electrons. The lowest BCUT2D eigenvalue weighted by Gasteiger charge is -2.02. The van der Waals surface area contributed by atoms with E-state index < -0.39 is 0 Å². The summed E-state index contributed by atoms with van der Waals surface area (Å²) in [5.74, 6) is -0.344. The minimum Gasteiger partial charge on any atom is -0.277 e. The average Bonchev–Trinajstić information content (AvgIpc) is 2.29. The molecule has 0 saturated heterocycles. The van der Waals surface area contributed by atoms with Crippen LogP contribution >= 0.6 is 0 Å². The number of benzene rings is 1. The van der Waals surface area contributed by atoms with Crippen LogP contribution in [0.4, 0.5) is 0 Å². The second kappa shape index (κ2) is 4.06. The second-order valence-corrected chi connectivity index (χ2v) is 3.05. The Bertz CT molecular complexity index is 497. The van der Waals surface area contributed by atoms with Crippen molar-refractivity contribution in [3.05, 3.63) is 42.2 Å². The highest BCUT2D eigenvalue weighted by Crippen LogP contribution is 2.12. The first-order valence-electron chi connectivity index (χ1n) is 4.49. The average molecular weight is 202 g/mol. The molecule has 1 N–H and O–H groups in total. The minimum absolute atomic E-state index is 0.343. The van der Waals surface area contributed by atoms with E-state index in [2.05, 4.69) is 15.3 Å². The minimum atomic E-state index is -0.344. The lowest BCUT2D eigenvalue weighted by molar-refractivity contribution is 0.0532. The number of hydrogen-bond donors (Lipinski definition) is 1. The maximum Gasteiger partial charge on any atom is 0.293 e. The van der Waals surface area contributed by atoms with Gasteiger partial charge in [0, 0.05) is 11.6 Å². The van der Waals surface area contributed by atoms with Crippen molar-refractivity contribution in [1.29, 1.82) is 0 Å². The van der Waals surface area contributed by atoms with Gasteiger partial charge in [0.25, 0.3) is 5.91 Å². The van der Waals surface area contributed by atoms with Crippen LogP contribution in [-0.2, 0) is 4.84 Å². The van der Waals surface area contributed by atoms with Crippen molar-refractivity contribution >= 4 is 16.7 Å². The summed E-state index contributed by atoms with van der Waals surface area (Å²) < 4.78 is 0. The van der Waals surface area contributed by atoms with Gasteiger partial charge < -0.3 is 0 Å². The lowest BCUT2D eigenvalue weighted by atomic mass is 10.1. The lowest BCUT2D eigenvalue weighted by Crippen LogP contribution is -2.22. The van der Waals surface area contributed by atoms with Gasteiger partial charge in [0.1, 0.15) is 5.69 Å². The number of carbonyl (C=O) groups is 1. The molecular weight excluding hydrogens is 192 g/mol. The van der Waals surface area contributed by atoms with Crippen LogP contribution in [0.25, 0.3) is 10.8 Å². The topological polar surface area (TPSA) is 51.2 Å². The van der Waals surface area contributed by atoms with Crippen molar-refractivity contribution in [2.45, 2.75) is 0 Å². The molecule has 0 bridgehead atoms. The molecule has 0 atom stereocenters. The normalized spacial score (nSPS) is 10.2. The molecule has 1 amide bonds. The molecule has 1 aromatic heterocycles. The maximum atomic E-state index is 11.4. The largest absolute Gasteiger partial charge is 0.293 e. The first kappa shape index (κ1) is 9.61. The van der Waals surface area contributed by atoms with Crippen LogP contribution in [0.15, 0.2) is 36.5 Å². The number of hydrogen-bond acceptors (Lipinski definition) is 3. The highest BCUT2D eigenvalue weighted by molar-refractivity contribution is 5.95. The third kappa shape index (κ3) is 1.94. The van der Waals surface area contributed by atoms with Gasteiger partial charge in [0.15, 0.2) is 0 Å². The molecule has 4 heteroatoms. The number of pyridine rings is 1. The van der Waals surface area contributed by atoms with Crippen molar-refractivity contribution in [2.75, 3.05) is 7.11 Å². The van der Waals surface area contributed by atoms with Crippen LogP contribution in [0, 0.1) is 0 Å². The van der Waals surface area contributed by atoms with Crippen LogP contribution < -0.4 is 5.48 Å². The number of nitrogens with one attached hydrogen (secondary N) is 1. The van der Waals surface area contributed by atoms with Crippen molar-refractivity contribution < 1.29 is 9.63 Å². The van der Waals surface area contributed by atoms with E-state index in [4.69, 9.17) is 0 Å². The fraction of sp³-hybridized carbons (Fsp3) is 0.0909. The van der Waals surface area contributed by atoms with Crippen molar-refractivity contribution in [3.8, 4) is 0 Å². The van der Waals surface area contributed by atoms with Gasteiger partial charge in [0.2, 0.25) is 0 Å². The number of rotatable bonds is 2. The Labute approximate surface area is 86.8 Å². The Morgan fingerprint density at radius 1 is 1.33 bits per heavy atom. The van der Waals surface area contributed by atoms with E-state index >= 15 is 0 Å². The molecule has 0 aliphatic heterocycles. The number of aromatic nitrogens is 1. The smallest absolute Gasteiger partial charge is 0.277 e. The highest BCUT2D eigenvalue weighted by atomic mass is 16.6. The van der Waals surface area contributed by atoms with E-state index in [9.17, 15) is 4.79 Å². The first-order chi connectivity index (χ1) is 7.31. The summed E-state index contributed by atoms with van der Waals surface area (Å²) in [5, 5.41) is 1.99. The van der Waals surface area contributed by atoms with Crippen molar-refractivity contribution in [3.63, 3.8) is 0 Å². The van der Waals surface area contributed by atoms with E-state index in [-0.39, 0.29) is 5.91 Å². The van der Waals surface area contributed by atoms with Crippen molar-refractivity contribution in [2.24, 2.45) is 0 Å². The molecule has 76 valence electrons. The number of carbonyl (C=O) groups excluding carboxylic acids is 1. The van der Waals surface area contributed by atoms with Crippen LogP contribution in [-0.4, -0.2) is 18.0 Å². The van der Waals surface area contributed by atoms with E-state index in [0.717, 1.165) is 10.8 Å². The van der Waals surface area contributed by atoms with Crippen LogP contribution in [0.5, 0.6) is 0 Å². The molecule has 4 nitrogen and oxygen atoms in total.